The Hall–Kier alpha value is -1.80. The third kappa shape index (κ3) is 3.49. The summed E-state index contributed by atoms with van der Waals surface area (Å²) in [6.45, 7) is 9.30. The van der Waals surface area contributed by atoms with Crippen LogP contribution in [-0.4, -0.2) is 61.0 Å². The van der Waals surface area contributed by atoms with Crippen LogP contribution in [0, 0.1) is 12.8 Å². The molecule has 0 aliphatic carbocycles. The van der Waals surface area contributed by atoms with E-state index >= 15 is 0 Å². The van der Waals surface area contributed by atoms with Crippen molar-refractivity contribution in [2.45, 2.75) is 39.9 Å². The number of hydrogen-bond donors (Lipinski definition) is 0. The van der Waals surface area contributed by atoms with Gasteiger partial charge in [-0.3, -0.25) is 4.79 Å². The first-order valence-corrected chi connectivity index (χ1v) is 9.01. The number of aromatic nitrogens is 4. The normalized spacial score (nSPS) is 18.1. The summed E-state index contributed by atoms with van der Waals surface area (Å²) in [6.07, 6.45) is 3.81. The molecular formula is C16H24N6OS. The molecule has 24 heavy (non-hydrogen) atoms. The first-order valence-electron chi connectivity index (χ1n) is 8.24. The Morgan fingerprint density at radius 3 is 2.92 bits per heavy atom. The number of hydrogen-bond acceptors (Lipinski definition) is 6. The minimum absolute atomic E-state index is 0.0464. The van der Waals surface area contributed by atoms with Crippen molar-refractivity contribution in [1.82, 2.24) is 28.9 Å². The molecule has 2 aromatic heterocycles. The zero-order chi connectivity index (χ0) is 17.3. The van der Waals surface area contributed by atoms with Gasteiger partial charge in [-0.2, -0.15) is 0 Å². The molecule has 8 heteroatoms. The standard InChI is InChI=1S/C16H24N6OS/c1-11(2)20(4)7-13-8-21-6-5-17-14(21)10-22(9-13)16(23)15-12(3)24-19-18-15/h5-6,11,13H,7-10H2,1-4H3. The quantitative estimate of drug-likeness (QED) is 0.840. The van der Waals surface area contributed by atoms with Crippen molar-refractivity contribution in [2.24, 2.45) is 5.92 Å². The van der Waals surface area contributed by atoms with E-state index in [1.165, 1.54) is 11.5 Å². The molecule has 130 valence electrons. The van der Waals surface area contributed by atoms with Crippen molar-refractivity contribution in [3.63, 3.8) is 0 Å². The Labute approximate surface area is 146 Å². The summed E-state index contributed by atoms with van der Waals surface area (Å²) in [4.78, 5) is 22.4. The molecule has 0 aromatic carbocycles. The Bertz CT molecular complexity index is 709. The van der Waals surface area contributed by atoms with Gasteiger partial charge in [0.05, 0.1) is 11.4 Å². The number of carbonyl (C=O) groups excluding carboxylic acids is 1. The summed E-state index contributed by atoms with van der Waals surface area (Å²) >= 11 is 1.27. The van der Waals surface area contributed by atoms with Crippen LogP contribution in [0.3, 0.4) is 0 Å². The molecule has 1 aliphatic rings. The summed E-state index contributed by atoms with van der Waals surface area (Å²) in [5.74, 6) is 1.23. The summed E-state index contributed by atoms with van der Waals surface area (Å²) in [5.41, 5.74) is 0.468. The molecule has 1 unspecified atom stereocenters. The van der Waals surface area contributed by atoms with E-state index in [0.29, 0.717) is 30.7 Å². The number of amides is 1. The smallest absolute Gasteiger partial charge is 0.276 e. The third-order valence-electron chi connectivity index (χ3n) is 4.64. The van der Waals surface area contributed by atoms with Crippen molar-refractivity contribution in [2.75, 3.05) is 20.1 Å². The number of carbonyl (C=O) groups is 1. The largest absolute Gasteiger partial charge is 0.333 e. The Morgan fingerprint density at radius 1 is 1.46 bits per heavy atom. The summed E-state index contributed by atoms with van der Waals surface area (Å²) in [7, 11) is 2.13. The Kier molecular flexibility index (Phi) is 4.96. The maximum atomic E-state index is 12.9. The van der Waals surface area contributed by atoms with Gasteiger partial charge in [-0.1, -0.05) is 4.49 Å². The van der Waals surface area contributed by atoms with Crippen LogP contribution in [0.15, 0.2) is 12.4 Å². The lowest BCUT2D eigenvalue weighted by molar-refractivity contribution is 0.0696. The van der Waals surface area contributed by atoms with Crippen LogP contribution >= 0.6 is 11.5 Å². The lowest BCUT2D eigenvalue weighted by Gasteiger charge is -2.29. The Morgan fingerprint density at radius 2 is 2.25 bits per heavy atom. The maximum Gasteiger partial charge on any atom is 0.276 e. The molecule has 0 saturated carbocycles. The van der Waals surface area contributed by atoms with Crippen LogP contribution in [0.25, 0.3) is 0 Å². The fourth-order valence-corrected chi connectivity index (χ4v) is 3.47. The van der Waals surface area contributed by atoms with Crippen LogP contribution in [0.4, 0.5) is 0 Å². The van der Waals surface area contributed by atoms with E-state index in [9.17, 15) is 4.79 Å². The number of aryl methyl sites for hydroxylation is 1. The third-order valence-corrected chi connectivity index (χ3v) is 5.27. The molecular weight excluding hydrogens is 324 g/mol. The fourth-order valence-electron chi connectivity index (χ4n) is 3.01. The van der Waals surface area contributed by atoms with Crippen molar-refractivity contribution in [1.29, 1.82) is 0 Å². The highest BCUT2D eigenvalue weighted by Gasteiger charge is 2.29. The van der Waals surface area contributed by atoms with Crippen LogP contribution in [0.2, 0.25) is 0 Å². The molecule has 7 nitrogen and oxygen atoms in total. The first kappa shape index (κ1) is 17.0. The predicted molar refractivity (Wildman–Crippen MR) is 92.9 cm³/mol. The second-order valence-electron chi connectivity index (χ2n) is 6.76. The minimum Gasteiger partial charge on any atom is -0.333 e. The van der Waals surface area contributed by atoms with Crippen molar-refractivity contribution in [3.05, 3.63) is 28.8 Å². The van der Waals surface area contributed by atoms with Gasteiger partial charge in [-0.15, -0.1) is 5.10 Å². The summed E-state index contributed by atoms with van der Waals surface area (Å²) in [5, 5.41) is 4.02. The van der Waals surface area contributed by atoms with E-state index in [1.807, 2.05) is 24.2 Å². The van der Waals surface area contributed by atoms with E-state index in [4.69, 9.17) is 0 Å². The molecule has 2 aromatic rings. The molecule has 1 atom stereocenters. The lowest BCUT2D eigenvalue weighted by atomic mass is 10.1. The number of fused-ring (bicyclic) bond motifs is 1. The van der Waals surface area contributed by atoms with Gasteiger partial charge < -0.3 is 14.4 Å². The molecule has 0 N–H and O–H groups in total. The highest BCUT2D eigenvalue weighted by atomic mass is 32.1. The molecule has 1 amide bonds. The highest BCUT2D eigenvalue weighted by Crippen LogP contribution is 2.20. The van der Waals surface area contributed by atoms with Gasteiger partial charge in [0.15, 0.2) is 5.69 Å². The van der Waals surface area contributed by atoms with E-state index in [0.717, 1.165) is 23.8 Å². The van der Waals surface area contributed by atoms with Crippen molar-refractivity contribution >= 4 is 17.4 Å². The van der Waals surface area contributed by atoms with Gasteiger partial charge in [0.1, 0.15) is 5.82 Å². The SMILES string of the molecule is Cc1snnc1C(=O)N1Cc2nccn2CC(CN(C)C(C)C)C1. The molecule has 0 fully saturated rings. The first-order chi connectivity index (χ1) is 11.5. The second-order valence-corrected chi connectivity index (χ2v) is 7.72. The predicted octanol–water partition coefficient (Wildman–Crippen LogP) is 1.66. The molecule has 0 radical (unpaired) electrons. The number of nitrogens with zero attached hydrogens (tertiary/aromatic N) is 6. The molecule has 0 bridgehead atoms. The maximum absolute atomic E-state index is 12.9. The molecule has 1 aliphatic heterocycles. The van der Waals surface area contributed by atoms with E-state index in [2.05, 4.69) is 44.9 Å². The van der Waals surface area contributed by atoms with Gasteiger partial charge in [-0.25, -0.2) is 4.98 Å². The summed E-state index contributed by atoms with van der Waals surface area (Å²) in [6, 6.07) is 0.477. The van der Waals surface area contributed by atoms with Crippen LogP contribution < -0.4 is 0 Å². The van der Waals surface area contributed by atoms with Crippen molar-refractivity contribution in [3.8, 4) is 0 Å². The minimum atomic E-state index is -0.0464. The van der Waals surface area contributed by atoms with Crippen LogP contribution in [-0.2, 0) is 13.1 Å². The second kappa shape index (κ2) is 6.98. The van der Waals surface area contributed by atoms with Gasteiger partial charge in [0, 0.05) is 44.0 Å². The van der Waals surface area contributed by atoms with E-state index in [-0.39, 0.29) is 5.91 Å². The number of imidazole rings is 1. The van der Waals surface area contributed by atoms with Gasteiger partial charge in [-0.05, 0) is 39.4 Å². The van der Waals surface area contributed by atoms with Gasteiger partial charge >= 0.3 is 0 Å². The van der Waals surface area contributed by atoms with E-state index < -0.39 is 0 Å². The average Bonchev–Trinajstić information content (AvgIpc) is 3.11. The van der Waals surface area contributed by atoms with Gasteiger partial charge in [0.2, 0.25) is 0 Å². The fraction of sp³-hybridized carbons (Fsp3) is 0.625. The molecule has 3 rings (SSSR count). The van der Waals surface area contributed by atoms with Gasteiger partial charge in [0.25, 0.3) is 5.91 Å². The molecule has 3 heterocycles. The molecule has 0 spiro atoms. The average molecular weight is 348 g/mol. The van der Waals surface area contributed by atoms with E-state index in [1.54, 1.807) is 0 Å². The summed E-state index contributed by atoms with van der Waals surface area (Å²) < 4.78 is 6.07. The molecule has 0 saturated heterocycles. The van der Waals surface area contributed by atoms with Crippen LogP contribution in [0.5, 0.6) is 0 Å². The highest BCUT2D eigenvalue weighted by molar-refractivity contribution is 7.05. The number of rotatable bonds is 4. The van der Waals surface area contributed by atoms with Crippen molar-refractivity contribution < 1.29 is 4.79 Å². The topological polar surface area (TPSA) is 67.2 Å². The monoisotopic (exact) mass is 348 g/mol. The zero-order valence-corrected chi connectivity index (χ0v) is 15.5. The Balaban J connectivity index is 1.84. The lowest BCUT2D eigenvalue weighted by Crippen LogP contribution is -2.40. The van der Waals surface area contributed by atoms with Crippen LogP contribution in [0.1, 0.15) is 35.0 Å². The zero-order valence-electron chi connectivity index (χ0n) is 14.6.